The summed E-state index contributed by atoms with van der Waals surface area (Å²) in [6, 6.07) is 19.0. The van der Waals surface area contributed by atoms with Gasteiger partial charge >= 0.3 is 0 Å². The van der Waals surface area contributed by atoms with E-state index in [9.17, 15) is 14.9 Å². The van der Waals surface area contributed by atoms with Crippen LogP contribution in [-0.2, 0) is 4.74 Å². The molecule has 2 amide bonds. The molecule has 0 unspecified atom stereocenters. The number of nitrogens with zero attached hydrogens (tertiary/aromatic N) is 7. The molecular formula is C39H47Cl2N9O3. The number of nitrogens with one attached hydrogen (secondary N) is 2. The Kier molecular flexibility index (Phi) is 13.1. The number of aliphatic imine (C=N–C) groups is 1. The molecule has 3 aromatic rings. The van der Waals surface area contributed by atoms with Crippen molar-refractivity contribution in [1.82, 2.24) is 24.9 Å². The van der Waals surface area contributed by atoms with Gasteiger partial charge in [0.15, 0.2) is 6.19 Å². The van der Waals surface area contributed by atoms with Crippen LogP contribution in [0.2, 0.25) is 10.0 Å². The first-order valence-electron chi connectivity index (χ1n) is 18.2. The summed E-state index contributed by atoms with van der Waals surface area (Å²) >= 11 is 13.3. The lowest BCUT2D eigenvalue weighted by atomic mass is 9.86. The number of carbonyl (C=O) groups excluding carboxylic acids is 2. The highest BCUT2D eigenvalue weighted by Gasteiger charge is 2.26. The molecule has 0 radical (unpaired) electrons. The minimum atomic E-state index is -0.133. The number of amides is 2. The molecule has 0 aliphatic carbocycles. The predicted octanol–water partition coefficient (Wildman–Crippen LogP) is 5.34. The van der Waals surface area contributed by atoms with Crippen LogP contribution in [0.3, 0.4) is 0 Å². The average Bonchev–Trinajstić information content (AvgIpc) is 3.18. The van der Waals surface area contributed by atoms with E-state index in [0.29, 0.717) is 69.0 Å². The molecule has 0 spiro atoms. The van der Waals surface area contributed by atoms with Crippen LogP contribution in [0.5, 0.6) is 0 Å². The molecule has 2 N–H and O–H groups in total. The summed E-state index contributed by atoms with van der Waals surface area (Å²) in [5, 5.41) is 15.8. The third kappa shape index (κ3) is 9.60. The number of carbonyl (C=O) groups is 2. The van der Waals surface area contributed by atoms with Gasteiger partial charge in [0.1, 0.15) is 5.69 Å². The quantitative estimate of drug-likeness (QED) is 0.129. The Hall–Kier alpha value is -4.38. The molecule has 3 aromatic carbocycles. The molecule has 3 aliphatic heterocycles. The molecule has 3 fully saturated rings. The Morgan fingerprint density at radius 2 is 1.53 bits per heavy atom. The van der Waals surface area contributed by atoms with Crippen LogP contribution in [0.1, 0.15) is 45.0 Å². The Morgan fingerprint density at radius 3 is 2.17 bits per heavy atom. The molecular weight excluding hydrogens is 713 g/mol. The summed E-state index contributed by atoms with van der Waals surface area (Å²) in [6.45, 7) is 8.84. The van der Waals surface area contributed by atoms with Gasteiger partial charge in [-0.1, -0.05) is 41.4 Å². The maximum absolute atomic E-state index is 13.4. The summed E-state index contributed by atoms with van der Waals surface area (Å²) in [5.74, 6) is 0.496. The molecule has 0 atom stereocenters. The van der Waals surface area contributed by atoms with Gasteiger partial charge in [-0.2, -0.15) is 5.26 Å². The number of piperidine rings is 1. The van der Waals surface area contributed by atoms with Crippen molar-refractivity contribution >= 4 is 58.0 Å². The first-order valence-corrected chi connectivity index (χ1v) is 18.9. The number of benzene rings is 3. The highest BCUT2D eigenvalue weighted by Crippen LogP contribution is 2.36. The second kappa shape index (κ2) is 18.1. The normalized spacial score (nSPS) is 17.8. The van der Waals surface area contributed by atoms with Gasteiger partial charge in [-0.15, -0.1) is 0 Å². The number of anilines is 2. The first-order chi connectivity index (χ1) is 25.7. The Bertz CT molecular complexity index is 1790. The van der Waals surface area contributed by atoms with Gasteiger partial charge in [0.25, 0.3) is 11.8 Å². The Morgan fingerprint density at radius 1 is 0.887 bits per heavy atom. The summed E-state index contributed by atoms with van der Waals surface area (Å²) in [6.07, 6.45) is 4.08. The summed E-state index contributed by atoms with van der Waals surface area (Å²) in [4.78, 5) is 42.0. The van der Waals surface area contributed by atoms with E-state index in [1.807, 2.05) is 53.6 Å². The van der Waals surface area contributed by atoms with Crippen LogP contribution < -0.4 is 15.5 Å². The van der Waals surface area contributed by atoms with E-state index >= 15 is 0 Å². The molecule has 3 heterocycles. The van der Waals surface area contributed by atoms with Crippen LogP contribution in [0.25, 0.3) is 0 Å². The number of guanidine groups is 1. The minimum Gasteiger partial charge on any atom is -0.383 e. The van der Waals surface area contributed by atoms with Crippen molar-refractivity contribution in [2.45, 2.75) is 18.8 Å². The molecule has 3 saturated heterocycles. The Labute approximate surface area is 321 Å². The van der Waals surface area contributed by atoms with Crippen LogP contribution in [0.4, 0.5) is 17.1 Å². The Balaban J connectivity index is 1.05. The van der Waals surface area contributed by atoms with Crippen molar-refractivity contribution in [2.24, 2.45) is 4.99 Å². The van der Waals surface area contributed by atoms with Crippen molar-refractivity contribution in [2.75, 3.05) is 103 Å². The van der Waals surface area contributed by atoms with Crippen molar-refractivity contribution in [1.29, 1.82) is 5.26 Å². The monoisotopic (exact) mass is 759 g/mol. The number of hydrogen-bond donors (Lipinski definition) is 2. The van der Waals surface area contributed by atoms with Gasteiger partial charge in [-0.3, -0.25) is 19.8 Å². The van der Waals surface area contributed by atoms with Crippen LogP contribution in [0.15, 0.2) is 65.7 Å². The summed E-state index contributed by atoms with van der Waals surface area (Å²) < 4.78 is 5.17. The minimum absolute atomic E-state index is 0.0911. The number of piperazine rings is 2. The standard InChI is InChI=1S/C39H47Cl2N9O3/c1-46-13-11-28(12-14-46)32-5-3-4-6-33(32)37(51)44-30-7-9-31(10-8-30)48-19-21-50(22-20-48)39(43-27-42)45-36-34(40)25-29(26-35(36)41)38(52)49-17-15-47(16-18-49)23-24-53-2/h3-10,25-26,28H,11-24H2,1-2H3,(H,43,45)(H,44,51). The van der Waals surface area contributed by atoms with E-state index in [-0.39, 0.29) is 21.9 Å². The lowest BCUT2D eigenvalue weighted by molar-refractivity contribution is 0.0594. The predicted molar refractivity (Wildman–Crippen MR) is 211 cm³/mol. The smallest absolute Gasteiger partial charge is 0.255 e. The zero-order valence-corrected chi connectivity index (χ0v) is 31.9. The number of hydrogen-bond acceptors (Lipinski definition) is 8. The third-order valence-corrected chi connectivity index (χ3v) is 10.9. The number of ether oxygens (including phenoxy) is 1. The van der Waals surface area contributed by atoms with Crippen LogP contribution in [0, 0.1) is 11.5 Å². The van der Waals surface area contributed by atoms with Crippen LogP contribution >= 0.6 is 23.2 Å². The number of likely N-dealkylation sites (tertiary alicyclic amines) is 1. The fourth-order valence-corrected chi connectivity index (χ4v) is 7.79. The van der Waals surface area contributed by atoms with Gasteiger partial charge in [0, 0.05) is 88.5 Å². The molecule has 0 saturated carbocycles. The number of nitriles is 1. The van der Waals surface area contributed by atoms with E-state index in [1.54, 1.807) is 24.1 Å². The lowest BCUT2D eigenvalue weighted by Crippen LogP contribution is -2.51. The van der Waals surface area contributed by atoms with E-state index in [0.717, 1.165) is 68.1 Å². The summed E-state index contributed by atoms with van der Waals surface area (Å²) in [5.41, 5.74) is 4.32. The third-order valence-electron chi connectivity index (χ3n) is 10.4. The highest BCUT2D eigenvalue weighted by atomic mass is 35.5. The highest BCUT2D eigenvalue weighted by molar-refractivity contribution is 6.39. The SMILES string of the molecule is COCCN1CCN(C(=O)c2cc(Cl)c(N=C(NC#N)N3CCN(c4ccc(NC(=O)c5ccccc5C5CCN(C)CC5)cc4)CC3)c(Cl)c2)CC1. The molecule has 0 bridgehead atoms. The molecule has 53 heavy (non-hydrogen) atoms. The average molecular weight is 761 g/mol. The van der Waals surface area contributed by atoms with Gasteiger partial charge < -0.3 is 29.7 Å². The molecule has 0 aromatic heterocycles. The van der Waals surface area contributed by atoms with E-state index < -0.39 is 0 Å². The molecule has 6 rings (SSSR count). The maximum atomic E-state index is 13.4. The van der Waals surface area contributed by atoms with Crippen molar-refractivity contribution in [3.05, 3.63) is 87.4 Å². The van der Waals surface area contributed by atoms with Crippen LogP contribution in [-0.4, -0.2) is 130 Å². The fourth-order valence-electron chi connectivity index (χ4n) is 7.22. The second-order valence-corrected chi connectivity index (χ2v) is 14.5. The maximum Gasteiger partial charge on any atom is 0.255 e. The fraction of sp³-hybridized carbons (Fsp3) is 0.436. The van der Waals surface area contributed by atoms with Gasteiger partial charge in [-0.25, -0.2) is 4.99 Å². The first kappa shape index (κ1) is 38.3. The zero-order valence-electron chi connectivity index (χ0n) is 30.4. The molecule has 280 valence electrons. The van der Waals surface area contributed by atoms with E-state index in [1.165, 1.54) is 0 Å². The largest absolute Gasteiger partial charge is 0.383 e. The lowest BCUT2D eigenvalue weighted by Gasteiger charge is -2.37. The number of methoxy groups -OCH3 is 1. The van der Waals surface area contributed by atoms with Crippen molar-refractivity contribution in [3.63, 3.8) is 0 Å². The van der Waals surface area contributed by atoms with Crippen molar-refractivity contribution < 1.29 is 14.3 Å². The molecule has 3 aliphatic rings. The van der Waals surface area contributed by atoms with Gasteiger partial charge in [-0.05, 0) is 86.9 Å². The molecule has 14 heteroatoms. The van der Waals surface area contributed by atoms with E-state index in [4.69, 9.17) is 27.9 Å². The topological polar surface area (TPSA) is 120 Å². The van der Waals surface area contributed by atoms with Crippen molar-refractivity contribution in [3.8, 4) is 6.19 Å². The zero-order chi connectivity index (χ0) is 37.3. The number of halogens is 2. The second-order valence-electron chi connectivity index (χ2n) is 13.7. The van der Waals surface area contributed by atoms with E-state index in [2.05, 4.69) is 43.4 Å². The summed E-state index contributed by atoms with van der Waals surface area (Å²) in [7, 11) is 3.83. The van der Waals surface area contributed by atoms with Gasteiger partial charge in [0.05, 0.1) is 16.7 Å². The molecule has 12 nitrogen and oxygen atoms in total. The van der Waals surface area contributed by atoms with Gasteiger partial charge in [0.2, 0.25) is 5.96 Å². The number of rotatable bonds is 9.